The van der Waals surface area contributed by atoms with Gasteiger partial charge in [0.05, 0.1) is 18.0 Å². The molecule has 0 spiro atoms. The maximum atomic E-state index is 8.75. The van der Waals surface area contributed by atoms with Gasteiger partial charge in [-0.25, -0.2) is 0 Å². The van der Waals surface area contributed by atoms with E-state index in [1.807, 2.05) is 19.2 Å². The highest BCUT2D eigenvalue weighted by Crippen LogP contribution is 1.98. The molecule has 0 aliphatic heterocycles. The Morgan fingerprint density at radius 1 is 1.45 bits per heavy atom. The molecule has 3 nitrogen and oxygen atoms in total. The summed E-state index contributed by atoms with van der Waals surface area (Å²) in [4.78, 5) is 4.17. The van der Waals surface area contributed by atoms with Crippen molar-refractivity contribution in [3.63, 3.8) is 0 Å². The predicted octanol–water partition coefficient (Wildman–Crippen LogP) is 0.293. The number of nitrogens with zero attached hydrogens (tertiary/aromatic N) is 1. The van der Waals surface area contributed by atoms with Gasteiger partial charge in [-0.05, 0) is 19.2 Å². The molecule has 2 N–H and O–H groups in total. The molecule has 1 aromatic rings. The van der Waals surface area contributed by atoms with E-state index >= 15 is 0 Å². The van der Waals surface area contributed by atoms with E-state index in [0.29, 0.717) is 0 Å². The number of hydrogen-bond donors (Lipinski definition) is 2. The number of aromatic nitrogens is 1. The lowest BCUT2D eigenvalue weighted by Crippen LogP contribution is -2.07. The fraction of sp³-hybridized carbons (Fsp3) is 0.375. The molecule has 0 saturated carbocycles. The second-order valence-corrected chi connectivity index (χ2v) is 2.31. The van der Waals surface area contributed by atoms with Crippen molar-refractivity contribution in [2.45, 2.75) is 13.2 Å². The number of pyridine rings is 1. The molecule has 3 heteroatoms. The monoisotopic (exact) mass is 152 g/mol. The summed E-state index contributed by atoms with van der Waals surface area (Å²) in [6.07, 6.45) is 0. The fourth-order valence-electron chi connectivity index (χ4n) is 0.897. The lowest BCUT2D eigenvalue weighted by molar-refractivity contribution is 0.276. The molecule has 0 fully saturated rings. The second-order valence-electron chi connectivity index (χ2n) is 2.31. The summed E-state index contributed by atoms with van der Waals surface area (Å²) < 4.78 is 0. The first-order valence-corrected chi connectivity index (χ1v) is 3.57. The van der Waals surface area contributed by atoms with Crippen LogP contribution in [-0.4, -0.2) is 17.1 Å². The maximum absolute atomic E-state index is 8.75. The minimum absolute atomic E-state index is 0.0115. The van der Waals surface area contributed by atoms with Crippen molar-refractivity contribution in [1.29, 1.82) is 0 Å². The van der Waals surface area contributed by atoms with Crippen molar-refractivity contribution in [2.75, 3.05) is 7.05 Å². The highest BCUT2D eigenvalue weighted by molar-refractivity contribution is 5.10. The van der Waals surface area contributed by atoms with Gasteiger partial charge in [0.1, 0.15) is 0 Å². The van der Waals surface area contributed by atoms with Crippen LogP contribution in [0.3, 0.4) is 0 Å². The quantitative estimate of drug-likeness (QED) is 0.654. The van der Waals surface area contributed by atoms with E-state index in [4.69, 9.17) is 5.11 Å². The van der Waals surface area contributed by atoms with Crippen molar-refractivity contribution in [3.05, 3.63) is 29.6 Å². The summed E-state index contributed by atoms with van der Waals surface area (Å²) >= 11 is 0. The Balaban J connectivity index is 2.74. The second kappa shape index (κ2) is 4.05. The molecule has 1 heterocycles. The van der Waals surface area contributed by atoms with Gasteiger partial charge in [-0.15, -0.1) is 0 Å². The molecular formula is C8H12N2O. The molecule has 11 heavy (non-hydrogen) atoms. The van der Waals surface area contributed by atoms with Gasteiger partial charge in [-0.1, -0.05) is 6.07 Å². The largest absolute Gasteiger partial charge is 0.390 e. The molecule has 0 radical (unpaired) electrons. The zero-order valence-electron chi connectivity index (χ0n) is 6.54. The Bertz CT molecular complexity index is 225. The van der Waals surface area contributed by atoms with E-state index in [1.165, 1.54) is 0 Å². The first kappa shape index (κ1) is 8.17. The van der Waals surface area contributed by atoms with Gasteiger partial charge >= 0.3 is 0 Å². The Kier molecular flexibility index (Phi) is 3.01. The van der Waals surface area contributed by atoms with Crippen LogP contribution in [0.25, 0.3) is 0 Å². The number of aliphatic hydroxyl groups is 1. The summed E-state index contributed by atoms with van der Waals surface area (Å²) in [5.41, 5.74) is 1.68. The molecule has 60 valence electrons. The normalized spacial score (nSPS) is 10.0. The number of rotatable bonds is 3. The van der Waals surface area contributed by atoms with Gasteiger partial charge in [-0.2, -0.15) is 0 Å². The fourth-order valence-corrected chi connectivity index (χ4v) is 0.897. The first-order valence-electron chi connectivity index (χ1n) is 3.57. The van der Waals surface area contributed by atoms with Crippen LogP contribution in [0, 0.1) is 0 Å². The topological polar surface area (TPSA) is 45.1 Å². The summed E-state index contributed by atoms with van der Waals surface area (Å²) in [5, 5.41) is 11.7. The van der Waals surface area contributed by atoms with E-state index in [1.54, 1.807) is 6.07 Å². The molecule has 0 aromatic carbocycles. The summed E-state index contributed by atoms with van der Waals surface area (Å²) in [6, 6.07) is 5.63. The molecular weight excluding hydrogens is 140 g/mol. The minimum atomic E-state index is 0.0115. The third-order valence-corrected chi connectivity index (χ3v) is 1.38. The SMILES string of the molecule is CNCc1cccc(CO)n1. The van der Waals surface area contributed by atoms with Crippen LogP contribution < -0.4 is 5.32 Å². The van der Waals surface area contributed by atoms with Crippen LogP contribution in [-0.2, 0) is 13.2 Å². The van der Waals surface area contributed by atoms with E-state index < -0.39 is 0 Å². The minimum Gasteiger partial charge on any atom is -0.390 e. The average Bonchev–Trinajstić information content (AvgIpc) is 2.06. The number of hydrogen-bond acceptors (Lipinski definition) is 3. The van der Waals surface area contributed by atoms with Crippen molar-refractivity contribution in [3.8, 4) is 0 Å². The number of nitrogens with one attached hydrogen (secondary N) is 1. The highest BCUT2D eigenvalue weighted by atomic mass is 16.3. The average molecular weight is 152 g/mol. The molecule has 0 atom stereocenters. The standard InChI is InChI=1S/C8H12N2O/c1-9-5-7-3-2-4-8(6-11)10-7/h2-4,9,11H,5-6H2,1H3. The van der Waals surface area contributed by atoms with Gasteiger partial charge in [0.25, 0.3) is 0 Å². The van der Waals surface area contributed by atoms with Crippen LogP contribution >= 0.6 is 0 Å². The van der Waals surface area contributed by atoms with E-state index in [-0.39, 0.29) is 6.61 Å². The molecule has 0 aliphatic rings. The summed E-state index contributed by atoms with van der Waals surface area (Å²) in [6.45, 7) is 0.755. The maximum Gasteiger partial charge on any atom is 0.0853 e. The number of aliphatic hydroxyl groups excluding tert-OH is 1. The lowest BCUT2D eigenvalue weighted by Gasteiger charge is -2.00. The highest BCUT2D eigenvalue weighted by Gasteiger charge is 1.93. The molecule has 0 bridgehead atoms. The third-order valence-electron chi connectivity index (χ3n) is 1.38. The zero-order chi connectivity index (χ0) is 8.10. The van der Waals surface area contributed by atoms with E-state index in [2.05, 4.69) is 10.3 Å². The van der Waals surface area contributed by atoms with Gasteiger partial charge < -0.3 is 10.4 Å². The zero-order valence-corrected chi connectivity index (χ0v) is 6.54. The Labute approximate surface area is 66.1 Å². The molecule has 1 aromatic heterocycles. The predicted molar refractivity (Wildman–Crippen MR) is 42.9 cm³/mol. The smallest absolute Gasteiger partial charge is 0.0853 e. The summed E-state index contributed by atoms with van der Waals surface area (Å²) in [7, 11) is 1.87. The van der Waals surface area contributed by atoms with Gasteiger partial charge in [0, 0.05) is 6.54 Å². The Morgan fingerprint density at radius 2 is 2.18 bits per heavy atom. The van der Waals surface area contributed by atoms with E-state index in [9.17, 15) is 0 Å². The van der Waals surface area contributed by atoms with Crippen LogP contribution in [0.5, 0.6) is 0 Å². The third kappa shape index (κ3) is 2.29. The molecule has 0 saturated heterocycles. The van der Waals surface area contributed by atoms with Crippen molar-refractivity contribution >= 4 is 0 Å². The molecule has 0 aliphatic carbocycles. The van der Waals surface area contributed by atoms with Crippen molar-refractivity contribution in [1.82, 2.24) is 10.3 Å². The summed E-state index contributed by atoms with van der Waals surface area (Å²) in [5.74, 6) is 0. The lowest BCUT2D eigenvalue weighted by atomic mass is 10.3. The first-order chi connectivity index (χ1) is 5.36. The van der Waals surface area contributed by atoms with Crippen LogP contribution in [0.15, 0.2) is 18.2 Å². The van der Waals surface area contributed by atoms with Crippen molar-refractivity contribution in [2.24, 2.45) is 0 Å². The van der Waals surface area contributed by atoms with E-state index in [0.717, 1.165) is 17.9 Å². The van der Waals surface area contributed by atoms with Crippen LogP contribution in [0.1, 0.15) is 11.4 Å². The Hall–Kier alpha value is -0.930. The van der Waals surface area contributed by atoms with Gasteiger partial charge in [-0.3, -0.25) is 4.98 Å². The Morgan fingerprint density at radius 3 is 2.82 bits per heavy atom. The van der Waals surface area contributed by atoms with Gasteiger partial charge in [0.2, 0.25) is 0 Å². The van der Waals surface area contributed by atoms with Crippen molar-refractivity contribution < 1.29 is 5.11 Å². The van der Waals surface area contributed by atoms with Gasteiger partial charge in [0.15, 0.2) is 0 Å². The molecule has 1 rings (SSSR count). The van der Waals surface area contributed by atoms with Crippen LogP contribution in [0.2, 0.25) is 0 Å². The van der Waals surface area contributed by atoms with Crippen LogP contribution in [0.4, 0.5) is 0 Å². The molecule has 0 amide bonds. The molecule has 0 unspecified atom stereocenters.